The largest absolute Gasteiger partial charge is 0.480 e. The van der Waals surface area contributed by atoms with E-state index >= 15 is 0 Å². The van der Waals surface area contributed by atoms with Gasteiger partial charge in [-0.1, -0.05) is 55.5 Å². The molecule has 0 aliphatic heterocycles. The van der Waals surface area contributed by atoms with E-state index in [1.54, 1.807) is 12.1 Å². The zero-order chi connectivity index (χ0) is 26.0. The summed E-state index contributed by atoms with van der Waals surface area (Å²) in [6.45, 7) is 8.53. The number of carboxylic acid groups (broad SMARTS) is 1. The van der Waals surface area contributed by atoms with Crippen molar-refractivity contribution in [1.82, 2.24) is 4.98 Å². The molecule has 6 nitrogen and oxygen atoms in total. The number of aliphatic hydroxyl groups is 1. The molecule has 0 aliphatic rings. The summed E-state index contributed by atoms with van der Waals surface area (Å²) in [5, 5.41) is 19.9. The molecule has 2 N–H and O–H groups in total. The summed E-state index contributed by atoms with van der Waals surface area (Å²) in [5.41, 5.74) is 1.49. The van der Waals surface area contributed by atoms with Crippen LogP contribution >= 0.6 is 8.03 Å². The highest BCUT2D eigenvalue weighted by Gasteiger charge is 2.59. The minimum atomic E-state index is -3.39. The first-order chi connectivity index (χ1) is 16.6. The molecule has 3 aromatic rings. The van der Waals surface area contributed by atoms with Crippen LogP contribution in [-0.4, -0.2) is 33.4 Å². The predicted molar refractivity (Wildman–Crippen MR) is 135 cm³/mol. The molecule has 0 amide bonds. The number of hydrogen-bond donors (Lipinski definition) is 2. The third-order valence-corrected chi connectivity index (χ3v) is 8.36. The van der Waals surface area contributed by atoms with Crippen LogP contribution in [0.15, 0.2) is 67.3 Å². The number of aromatic nitrogens is 1. The van der Waals surface area contributed by atoms with Crippen LogP contribution < -0.4 is 0 Å². The number of pyridine rings is 1. The van der Waals surface area contributed by atoms with Crippen LogP contribution in [0.4, 0.5) is 4.39 Å². The lowest BCUT2D eigenvalue weighted by atomic mass is 9.75. The van der Waals surface area contributed by atoms with Gasteiger partial charge in [0.25, 0.3) is 0 Å². The number of carboxylic acids is 1. The zero-order valence-electron chi connectivity index (χ0n) is 20.1. The molecule has 0 saturated heterocycles. The van der Waals surface area contributed by atoms with E-state index in [1.165, 1.54) is 19.1 Å². The lowest BCUT2D eigenvalue weighted by Crippen LogP contribution is -2.52. The van der Waals surface area contributed by atoms with E-state index in [1.807, 2.05) is 44.2 Å². The van der Waals surface area contributed by atoms with Gasteiger partial charge in [0.2, 0.25) is 8.03 Å². The summed E-state index contributed by atoms with van der Waals surface area (Å²) in [4.78, 5) is 17.4. The number of aryl methyl sites for hydroxylation is 1. The van der Waals surface area contributed by atoms with Gasteiger partial charge in [-0.05, 0) is 49.1 Å². The van der Waals surface area contributed by atoms with Crippen LogP contribution in [0.3, 0.4) is 0 Å². The Balaban J connectivity index is 2.53. The van der Waals surface area contributed by atoms with Gasteiger partial charge in [-0.25, -0.2) is 4.39 Å². The van der Waals surface area contributed by atoms with E-state index in [2.05, 4.69) is 6.58 Å². The van der Waals surface area contributed by atoms with Gasteiger partial charge in [0, 0.05) is 23.9 Å². The lowest BCUT2D eigenvalue weighted by Gasteiger charge is -2.41. The summed E-state index contributed by atoms with van der Waals surface area (Å²) < 4.78 is 31.9. The maximum Gasteiger partial charge on any atom is 0.326 e. The lowest BCUT2D eigenvalue weighted by molar-refractivity contribution is -0.146. The Labute approximate surface area is 205 Å². The van der Waals surface area contributed by atoms with Crippen LogP contribution in [0.1, 0.15) is 30.7 Å². The van der Waals surface area contributed by atoms with Gasteiger partial charge in [0.05, 0.1) is 5.69 Å². The van der Waals surface area contributed by atoms with Crippen molar-refractivity contribution in [3.63, 3.8) is 0 Å². The molecule has 0 fully saturated rings. The van der Waals surface area contributed by atoms with Gasteiger partial charge >= 0.3 is 5.97 Å². The van der Waals surface area contributed by atoms with Crippen LogP contribution in [0.5, 0.6) is 0 Å². The summed E-state index contributed by atoms with van der Waals surface area (Å²) >= 11 is 0. The fraction of sp³-hybridized carbons (Fsp3) is 0.259. The highest BCUT2D eigenvalue weighted by molar-refractivity contribution is 7.43. The average molecular weight is 498 g/mol. The number of carbonyl (C=O) groups is 1. The third kappa shape index (κ3) is 4.36. The van der Waals surface area contributed by atoms with E-state index in [0.717, 1.165) is 18.7 Å². The first-order valence-electron chi connectivity index (χ1n) is 11.1. The van der Waals surface area contributed by atoms with Gasteiger partial charge in [0.1, 0.15) is 11.4 Å². The molecule has 1 heterocycles. The zero-order valence-corrected chi connectivity index (χ0v) is 21.1. The van der Waals surface area contributed by atoms with Crippen LogP contribution in [0.2, 0.25) is 0 Å². The first kappa shape index (κ1) is 26.5. The SMILES string of the molecule is C=CC(C(=O)O)([PH](=O)OC)C(C)(O)c1c(CC)nc(-c2ccccc2)c(C)c1-c1ccc(F)cc1. The fourth-order valence-electron chi connectivity index (χ4n) is 4.58. The second-order valence-corrected chi connectivity index (χ2v) is 10.2. The topological polar surface area (TPSA) is 96.7 Å². The normalized spacial score (nSPS) is 15.6. The molecular weight excluding hydrogens is 468 g/mol. The molecule has 35 heavy (non-hydrogen) atoms. The standard InChI is InChI=1S/C27H29FNO5P/c1-6-21-23(26(4,32)27(7-2,25(30)31)35(33)34-5)22(18-13-15-20(28)16-14-18)17(3)24(29-21)19-11-9-8-10-12-19/h7-16,32,35H,2,6H2,1,3-5H3,(H,30,31). The Hall–Kier alpha value is -3.12. The molecule has 3 unspecified atom stereocenters. The van der Waals surface area contributed by atoms with Crippen molar-refractivity contribution in [3.05, 3.63) is 89.9 Å². The first-order valence-corrected chi connectivity index (χ1v) is 12.4. The fourth-order valence-corrected chi connectivity index (χ4v) is 5.77. The summed E-state index contributed by atoms with van der Waals surface area (Å²) in [7, 11) is -2.26. The van der Waals surface area contributed by atoms with Crippen molar-refractivity contribution in [2.75, 3.05) is 7.11 Å². The number of benzene rings is 2. The second-order valence-electron chi connectivity index (χ2n) is 8.39. The summed E-state index contributed by atoms with van der Waals surface area (Å²) in [5.74, 6) is -1.98. The number of aliphatic carboxylic acids is 1. The van der Waals surface area contributed by atoms with Gasteiger partial charge in [-0.15, -0.1) is 6.58 Å². The van der Waals surface area contributed by atoms with Gasteiger partial charge in [0.15, 0.2) is 5.16 Å². The van der Waals surface area contributed by atoms with Crippen LogP contribution in [-0.2, 0) is 25.9 Å². The monoisotopic (exact) mass is 497 g/mol. The third-order valence-electron chi connectivity index (χ3n) is 6.44. The van der Waals surface area contributed by atoms with E-state index in [-0.39, 0.29) is 5.56 Å². The molecule has 0 aliphatic carbocycles. The van der Waals surface area contributed by atoms with Crippen LogP contribution in [0, 0.1) is 12.7 Å². The van der Waals surface area contributed by atoms with Crippen molar-refractivity contribution < 1.29 is 28.5 Å². The van der Waals surface area contributed by atoms with Crippen molar-refractivity contribution >= 4 is 14.0 Å². The number of rotatable bonds is 9. The van der Waals surface area contributed by atoms with E-state index < -0.39 is 30.6 Å². The van der Waals surface area contributed by atoms with E-state index in [9.17, 15) is 24.0 Å². The van der Waals surface area contributed by atoms with Crippen molar-refractivity contribution in [2.24, 2.45) is 0 Å². The average Bonchev–Trinajstić information content (AvgIpc) is 2.85. The number of nitrogens with zero attached hydrogens (tertiary/aromatic N) is 1. The van der Waals surface area contributed by atoms with Crippen molar-refractivity contribution in [1.29, 1.82) is 0 Å². The Morgan fingerprint density at radius 2 is 1.77 bits per heavy atom. The van der Waals surface area contributed by atoms with Gasteiger partial charge < -0.3 is 14.7 Å². The molecule has 2 aromatic carbocycles. The van der Waals surface area contributed by atoms with E-state index in [4.69, 9.17) is 9.51 Å². The van der Waals surface area contributed by atoms with Gasteiger partial charge in [-0.2, -0.15) is 0 Å². The Morgan fingerprint density at radius 1 is 1.17 bits per heavy atom. The highest BCUT2D eigenvalue weighted by Crippen LogP contribution is 2.55. The minimum absolute atomic E-state index is 0.182. The highest BCUT2D eigenvalue weighted by atomic mass is 31.1. The quantitative estimate of drug-likeness (QED) is 0.288. The number of hydrogen-bond acceptors (Lipinski definition) is 5. The van der Waals surface area contributed by atoms with Crippen LogP contribution in [0.25, 0.3) is 22.4 Å². The summed E-state index contributed by atoms with van der Waals surface area (Å²) in [6.07, 6.45) is 1.30. The molecule has 3 rings (SSSR count). The van der Waals surface area contributed by atoms with Crippen molar-refractivity contribution in [3.8, 4) is 22.4 Å². The molecule has 0 spiro atoms. The molecule has 0 saturated carbocycles. The van der Waals surface area contributed by atoms with Crippen molar-refractivity contribution in [2.45, 2.75) is 37.9 Å². The number of halogens is 1. The maximum absolute atomic E-state index is 13.8. The molecule has 1 aromatic heterocycles. The predicted octanol–water partition coefficient (Wildman–Crippen LogP) is 5.76. The van der Waals surface area contributed by atoms with Gasteiger partial charge in [-0.3, -0.25) is 14.3 Å². The second kappa shape index (κ2) is 10.2. The Bertz CT molecular complexity index is 1270. The molecule has 0 radical (unpaired) electrons. The maximum atomic E-state index is 13.8. The molecule has 184 valence electrons. The summed E-state index contributed by atoms with van der Waals surface area (Å²) in [6, 6.07) is 15.1. The minimum Gasteiger partial charge on any atom is -0.480 e. The Morgan fingerprint density at radius 3 is 2.26 bits per heavy atom. The molecule has 8 heteroatoms. The molecule has 3 atom stereocenters. The molecule has 0 bridgehead atoms. The Kier molecular flexibility index (Phi) is 7.75. The smallest absolute Gasteiger partial charge is 0.326 e. The van der Waals surface area contributed by atoms with E-state index in [0.29, 0.717) is 34.5 Å². The molecular formula is C27H29FNO5P.